The van der Waals surface area contributed by atoms with Crippen LogP contribution in [0.3, 0.4) is 0 Å². The molecule has 0 saturated heterocycles. The van der Waals surface area contributed by atoms with Crippen molar-refractivity contribution in [2.24, 2.45) is 0 Å². The minimum Gasteiger partial charge on any atom is -0.507 e. The molecule has 0 atom stereocenters. The molecule has 0 fully saturated rings. The SMILES string of the molecule is Cc1ocnc1-c1cc(C(C)(C)C)c(O)c(C(C)(C)C)c1. The zero-order valence-corrected chi connectivity index (χ0v) is 14.0. The summed E-state index contributed by atoms with van der Waals surface area (Å²) in [6, 6.07) is 4.05. The van der Waals surface area contributed by atoms with Crippen LogP contribution < -0.4 is 0 Å². The molecule has 1 heterocycles. The Kier molecular flexibility index (Phi) is 3.64. The lowest BCUT2D eigenvalue weighted by molar-refractivity contribution is 0.423. The Hall–Kier alpha value is -1.77. The summed E-state index contributed by atoms with van der Waals surface area (Å²) in [7, 11) is 0. The molecule has 21 heavy (non-hydrogen) atoms. The number of aryl methyl sites for hydroxylation is 1. The van der Waals surface area contributed by atoms with E-state index in [0.29, 0.717) is 5.75 Å². The van der Waals surface area contributed by atoms with Crippen LogP contribution in [0.5, 0.6) is 5.75 Å². The second kappa shape index (κ2) is 4.90. The van der Waals surface area contributed by atoms with E-state index in [1.807, 2.05) is 19.1 Å². The van der Waals surface area contributed by atoms with Crippen LogP contribution in [0.25, 0.3) is 11.3 Å². The van der Waals surface area contributed by atoms with Crippen molar-refractivity contribution in [1.29, 1.82) is 0 Å². The van der Waals surface area contributed by atoms with Gasteiger partial charge in [-0.3, -0.25) is 0 Å². The fraction of sp³-hybridized carbons (Fsp3) is 0.500. The molecule has 3 heteroatoms. The number of hydrogen-bond donors (Lipinski definition) is 1. The van der Waals surface area contributed by atoms with E-state index in [2.05, 4.69) is 46.5 Å². The predicted octanol–water partition coefficient (Wildman–Crippen LogP) is 4.95. The number of oxazole rings is 1. The maximum absolute atomic E-state index is 10.7. The number of aromatic hydroxyl groups is 1. The first-order chi connectivity index (χ1) is 9.51. The summed E-state index contributed by atoms with van der Waals surface area (Å²) in [5, 5.41) is 10.7. The van der Waals surface area contributed by atoms with Crippen LogP contribution in [0.2, 0.25) is 0 Å². The molecular formula is C18H25NO2. The van der Waals surface area contributed by atoms with Gasteiger partial charge in [0.1, 0.15) is 17.2 Å². The van der Waals surface area contributed by atoms with Gasteiger partial charge in [0, 0.05) is 16.7 Å². The van der Waals surface area contributed by atoms with Crippen LogP contribution >= 0.6 is 0 Å². The van der Waals surface area contributed by atoms with Crippen LogP contribution in [0.1, 0.15) is 58.4 Å². The monoisotopic (exact) mass is 287 g/mol. The smallest absolute Gasteiger partial charge is 0.181 e. The van der Waals surface area contributed by atoms with Gasteiger partial charge in [-0.05, 0) is 29.9 Å². The molecule has 0 spiro atoms. The van der Waals surface area contributed by atoms with Crippen molar-refractivity contribution in [2.75, 3.05) is 0 Å². The number of rotatable bonds is 1. The quantitative estimate of drug-likeness (QED) is 0.807. The first-order valence-corrected chi connectivity index (χ1v) is 7.30. The summed E-state index contributed by atoms with van der Waals surface area (Å²) in [6.07, 6.45) is 1.46. The van der Waals surface area contributed by atoms with E-state index in [1.54, 1.807) is 0 Å². The molecular weight excluding hydrogens is 262 g/mol. The van der Waals surface area contributed by atoms with Crippen LogP contribution in [-0.2, 0) is 10.8 Å². The van der Waals surface area contributed by atoms with Gasteiger partial charge in [-0.25, -0.2) is 4.98 Å². The Bertz CT molecular complexity index is 620. The molecule has 0 aliphatic heterocycles. The summed E-state index contributed by atoms with van der Waals surface area (Å²) in [6.45, 7) is 14.5. The summed E-state index contributed by atoms with van der Waals surface area (Å²) in [5.74, 6) is 1.18. The van der Waals surface area contributed by atoms with Gasteiger partial charge >= 0.3 is 0 Å². The highest BCUT2D eigenvalue weighted by Crippen LogP contribution is 2.42. The zero-order chi connectivity index (χ0) is 16.0. The molecule has 0 bridgehead atoms. The summed E-state index contributed by atoms with van der Waals surface area (Å²) < 4.78 is 5.33. The largest absolute Gasteiger partial charge is 0.507 e. The molecule has 1 aromatic heterocycles. The highest BCUT2D eigenvalue weighted by atomic mass is 16.3. The fourth-order valence-corrected chi connectivity index (χ4v) is 2.50. The average Bonchev–Trinajstić information content (AvgIpc) is 2.72. The zero-order valence-electron chi connectivity index (χ0n) is 14.0. The first kappa shape index (κ1) is 15.6. The molecule has 0 saturated carbocycles. The lowest BCUT2D eigenvalue weighted by atomic mass is 9.78. The maximum atomic E-state index is 10.7. The van der Waals surface area contributed by atoms with Crippen LogP contribution in [-0.4, -0.2) is 10.1 Å². The number of phenols is 1. The van der Waals surface area contributed by atoms with Crippen molar-refractivity contribution >= 4 is 0 Å². The number of benzene rings is 1. The van der Waals surface area contributed by atoms with E-state index in [1.165, 1.54) is 6.39 Å². The lowest BCUT2D eigenvalue weighted by Crippen LogP contribution is -2.17. The maximum Gasteiger partial charge on any atom is 0.181 e. The van der Waals surface area contributed by atoms with Crippen molar-refractivity contribution < 1.29 is 9.52 Å². The molecule has 0 amide bonds. The molecule has 114 valence electrons. The summed E-state index contributed by atoms with van der Waals surface area (Å²) >= 11 is 0. The molecule has 2 aromatic rings. The summed E-state index contributed by atoms with van der Waals surface area (Å²) in [4.78, 5) is 4.31. The minimum absolute atomic E-state index is 0.141. The molecule has 0 aliphatic rings. The van der Waals surface area contributed by atoms with Crippen molar-refractivity contribution in [2.45, 2.75) is 59.3 Å². The van der Waals surface area contributed by atoms with E-state index in [9.17, 15) is 5.11 Å². The Labute approximate surface area is 127 Å². The Morgan fingerprint density at radius 3 is 1.76 bits per heavy atom. The lowest BCUT2D eigenvalue weighted by Gasteiger charge is -2.28. The Balaban J connectivity index is 2.78. The van der Waals surface area contributed by atoms with E-state index in [0.717, 1.165) is 28.1 Å². The predicted molar refractivity (Wildman–Crippen MR) is 85.7 cm³/mol. The first-order valence-electron chi connectivity index (χ1n) is 7.30. The van der Waals surface area contributed by atoms with Crippen molar-refractivity contribution in [3.05, 3.63) is 35.4 Å². The average molecular weight is 287 g/mol. The molecule has 3 nitrogen and oxygen atoms in total. The molecule has 2 rings (SSSR count). The van der Waals surface area contributed by atoms with E-state index in [-0.39, 0.29) is 10.8 Å². The third kappa shape index (κ3) is 2.97. The number of aromatic nitrogens is 1. The molecule has 0 radical (unpaired) electrons. The van der Waals surface area contributed by atoms with Gasteiger partial charge in [-0.15, -0.1) is 0 Å². The second-order valence-electron chi connectivity index (χ2n) is 7.68. The standard InChI is InChI=1S/C18H25NO2/c1-11-15(19-10-21-11)12-8-13(17(2,3)4)16(20)14(9-12)18(5,6)7/h8-10,20H,1-7H3. The van der Waals surface area contributed by atoms with Crippen LogP contribution in [0.4, 0.5) is 0 Å². The Morgan fingerprint density at radius 1 is 0.952 bits per heavy atom. The number of hydrogen-bond acceptors (Lipinski definition) is 3. The Morgan fingerprint density at radius 2 is 1.43 bits per heavy atom. The highest BCUT2D eigenvalue weighted by molar-refractivity contribution is 5.67. The topological polar surface area (TPSA) is 46.3 Å². The van der Waals surface area contributed by atoms with Crippen molar-refractivity contribution in [3.63, 3.8) is 0 Å². The van der Waals surface area contributed by atoms with Crippen molar-refractivity contribution in [1.82, 2.24) is 4.98 Å². The highest BCUT2D eigenvalue weighted by Gasteiger charge is 2.27. The minimum atomic E-state index is -0.141. The van der Waals surface area contributed by atoms with Gasteiger partial charge in [0.15, 0.2) is 6.39 Å². The summed E-state index contributed by atoms with van der Waals surface area (Å²) in [5.41, 5.74) is 3.43. The third-order valence-corrected chi connectivity index (χ3v) is 3.74. The van der Waals surface area contributed by atoms with Gasteiger partial charge in [-0.2, -0.15) is 0 Å². The number of nitrogens with zero attached hydrogens (tertiary/aromatic N) is 1. The molecule has 1 N–H and O–H groups in total. The second-order valence-corrected chi connectivity index (χ2v) is 7.68. The normalized spacial score (nSPS) is 12.7. The number of phenolic OH excluding ortho intramolecular Hbond substituents is 1. The van der Waals surface area contributed by atoms with E-state index >= 15 is 0 Å². The van der Waals surface area contributed by atoms with E-state index in [4.69, 9.17) is 4.42 Å². The van der Waals surface area contributed by atoms with Crippen LogP contribution in [0, 0.1) is 6.92 Å². The van der Waals surface area contributed by atoms with Crippen LogP contribution in [0.15, 0.2) is 22.9 Å². The third-order valence-electron chi connectivity index (χ3n) is 3.74. The van der Waals surface area contributed by atoms with Gasteiger partial charge in [0.25, 0.3) is 0 Å². The van der Waals surface area contributed by atoms with Crippen molar-refractivity contribution in [3.8, 4) is 17.0 Å². The van der Waals surface area contributed by atoms with Gasteiger partial charge < -0.3 is 9.52 Å². The fourth-order valence-electron chi connectivity index (χ4n) is 2.50. The molecule has 0 unspecified atom stereocenters. The van der Waals surface area contributed by atoms with Gasteiger partial charge in [0.05, 0.1) is 0 Å². The van der Waals surface area contributed by atoms with E-state index < -0.39 is 0 Å². The van der Waals surface area contributed by atoms with Gasteiger partial charge in [0.2, 0.25) is 0 Å². The molecule has 1 aromatic carbocycles. The molecule has 0 aliphatic carbocycles. The van der Waals surface area contributed by atoms with Gasteiger partial charge in [-0.1, -0.05) is 41.5 Å².